The molecule has 0 amide bonds. The molecule has 3 nitrogen and oxygen atoms in total. The fourth-order valence-corrected chi connectivity index (χ4v) is 1.35. The molecule has 1 fully saturated rings. The van der Waals surface area contributed by atoms with Crippen molar-refractivity contribution in [1.29, 1.82) is 0 Å². The van der Waals surface area contributed by atoms with E-state index in [0.717, 1.165) is 38.5 Å². The number of aliphatic hydroxyl groups is 1. The lowest BCUT2D eigenvalue weighted by Crippen LogP contribution is -2.31. The van der Waals surface area contributed by atoms with Gasteiger partial charge in [0.1, 0.15) is 0 Å². The molecule has 0 bridgehead atoms. The van der Waals surface area contributed by atoms with Crippen molar-refractivity contribution >= 4 is 0 Å². The highest BCUT2D eigenvalue weighted by molar-refractivity contribution is 4.80. The molecule has 0 atom stereocenters. The summed E-state index contributed by atoms with van der Waals surface area (Å²) in [6.45, 7) is 3.67. The van der Waals surface area contributed by atoms with Crippen molar-refractivity contribution in [3.8, 4) is 0 Å². The first-order valence-electron chi connectivity index (χ1n) is 5.35. The molecule has 1 aliphatic rings. The molecule has 0 radical (unpaired) electrons. The van der Waals surface area contributed by atoms with Crippen LogP contribution in [0.3, 0.4) is 0 Å². The van der Waals surface area contributed by atoms with Crippen molar-refractivity contribution in [3.05, 3.63) is 0 Å². The summed E-state index contributed by atoms with van der Waals surface area (Å²) in [4.78, 5) is 2.32. The molecule has 0 spiro atoms. The van der Waals surface area contributed by atoms with E-state index in [2.05, 4.69) is 17.3 Å². The molecule has 0 unspecified atom stereocenters. The van der Waals surface area contributed by atoms with E-state index in [1.807, 2.05) is 0 Å². The predicted octanol–water partition coefficient (Wildman–Crippen LogP) is 0.443. The predicted molar refractivity (Wildman–Crippen MR) is 54.8 cm³/mol. The zero-order valence-electron chi connectivity index (χ0n) is 8.63. The third-order valence-electron chi connectivity index (χ3n) is 2.45. The molecule has 0 aromatic heterocycles. The van der Waals surface area contributed by atoms with E-state index in [9.17, 15) is 0 Å². The highest BCUT2D eigenvalue weighted by atomic mass is 16.2. The quantitative estimate of drug-likeness (QED) is 0.540. The van der Waals surface area contributed by atoms with Crippen LogP contribution in [0.15, 0.2) is 0 Å². The number of aliphatic hydroxyl groups excluding tert-OH is 1. The van der Waals surface area contributed by atoms with Crippen molar-refractivity contribution in [2.45, 2.75) is 31.7 Å². The molecule has 1 rings (SSSR count). The average molecular weight is 186 g/mol. The van der Waals surface area contributed by atoms with Gasteiger partial charge in [-0.05, 0) is 39.3 Å². The Morgan fingerprint density at radius 3 is 2.69 bits per heavy atom. The summed E-state index contributed by atoms with van der Waals surface area (Å²) in [7, 11) is 2.14. The highest BCUT2D eigenvalue weighted by Crippen LogP contribution is 2.17. The monoisotopic (exact) mass is 186 g/mol. The Bertz CT molecular complexity index is 126. The topological polar surface area (TPSA) is 35.5 Å². The minimum Gasteiger partial charge on any atom is -0.396 e. The van der Waals surface area contributed by atoms with Crippen LogP contribution in [-0.4, -0.2) is 49.3 Å². The van der Waals surface area contributed by atoms with Gasteiger partial charge in [0.2, 0.25) is 0 Å². The minimum atomic E-state index is 0.328. The van der Waals surface area contributed by atoms with Crippen molar-refractivity contribution in [2.75, 3.05) is 33.3 Å². The van der Waals surface area contributed by atoms with Gasteiger partial charge in [0, 0.05) is 25.7 Å². The van der Waals surface area contributed by atoms with E-state index < -0.39 is 0 Å². The van der Waals surface area contributed by atoms with Gasteiger partial charge in [0.25, 0.3) is 0 Å². The van der Waals surface area contributed by atoms with Crippen molar-refractivity contribution in [2.24, 2.45) is 0 Å². The molecule has 78 valence electrons. The molecule has 0 aliphatic heterocycles. The first-order chi connectivity index (χ1) is 6.33. The summed E-state index contributed by atoms with van der Waals surface area (Å²) < 4.78 is 0. The van der Waals surface area contributed by atoms with Gasteiger partial charge in [-0.2, -0.15) is 0 Å². The van der Waals surface area contributed by atoms with Gasteiger partial charge in [-0.15, -0.1) is 0 Å². The molecule has 1 aliphatic carbocycles. The first-order valence-corrected chi connectivity index (χ1v) is 5.35. The van der Waals surface area contributed by atoms with Crippen molar-refractivity contribution < 1.29 is 5.11 Å². The summed E-state index contributed by atoms with van der Waals surface area (Å²) in [5.41, 5.74) is 0. The third kappa shape index (κ3) is 6.02. The Hall–Kier alpha value is -0.120. The second-order valence-electron chi connectivity index (χ2n) is 3.96. The van der Waals surface area contributed by atoms with Gasteiger partial charge in [-0.3, -0.25) is 0 Å². The van der Waals surface area contributed by atoms with E-state index in [4.69, 9.17) is 5.11 Å². The second kappa shape index (κ2) is 6.35. The summed E-state index contributed by atoms with van der Waals surface area (Å²) in [6, 6.07) is 0.825. The smallest absolute Gasteiger partial charge is 0.0431 e. The van der Waals surface area contributed by atoms with Gasteiger partial charge in [0.05, 0.1) is 0 Å². The Morgan fingerprint density at radius 1 is 1.31 bits per heavy atom. The van der Waals surface area contributed by atoms with Crippen LogP contribution >= 0.6 is 0 Å². The molecule has 0 aromatic rings. The van der Waals surface area contributed by atoms with Crippen LogP contribution in [0.25, 0.3) is 0 Å². The summed E-state index contributed by atoms with van der Waals surface area (Å²) in [6.07, 6.45) is 4.78. The SMILES string of the molecule is CN(CCCCO)CCNC1CC1. The van der Waals surface area contributed by atoms with Crippen LogP contribution in [0.5, 0.6) is 0 Å². The van der Waals surface area contributed by atoms with E-state index in [-0.39, 0.29) is 0 Å². The van der Waals surface area contributed by atoms with E-state index >= 15 is 0 Å². The van der Waals surface area contributed by atoms with Crippen LogP contribution in [0, 0.1) is 0 Å². The summed E-state index contributed by atoms with van der Waals surface area (Å²) in [5, 5.41) is 12.1. The molecule has 1 saturated carbocycles. The van der Waals surface area contributed by atoms with Crippen molar-refractivity contribution in [1.82, 2.24) is 10.2 Å². The zero-order valence-corrected chi connectivity index (χ0v) is 8.63. The summed E-state index contributed by atoms with van der Waals surface area (Å²) >= 11 is 0. The molecule has 3 heteroatoms. The fourth-order valence-electron chi connectivity index (χ4n) is 1.35. The number of rotatable bonds is 8. The number of hydrogen-bond donors (Lipinski definition) is 2. The van der Waals surface area contributed by atoms with Gasteiger partial charge < -0.3 is 15.3 Å². The van der Waals surface area contributed by atoms with E-state index in [0.29, 0.717) is 6.61 Å². The van der Waals surface area contributed by atoms with Gasteiger partial charge >= 0.3 is 0 Å². The maximum absolute atomic E-state index is 8.61. The molecule has 0 saturated heterocycles. The van der Waals surface area contributed by atoms with Gasteiger partial charge in [-0.25, -0.2) is 0 Å². The Balaban J connectivity index is 1.81. The average Bonchev–Trinajstić information content (AvgIpc) is 2.89. The molecule has 0 aromatic carbocycles. The second-order valence-corrected chi connectivity index (χ2v) is 3.96. The third-order valence-corrected chi connectivity index (χ3v) is 2.45. The molecule has 0 heterocycles. The Morgan fingerprint density at radius 2 is 2.08 bits per heavy atom. The first kappa shape index (κ1) is 11.0. The number of unbranched alkanes of at least 4 members (excludes halogenated alkanes) is 1. The molecular weight excluding hydrogens is 164 g/mol. The lowest BCUT2D eigenvalue weighted by Gasteiger charge is -2.16. The molecule has 13 heavy (non-hydrogen) atoms. The number of hydrogen-bond acceptors (Lipinski definition) is 3. The number of likely N-dealkylation sites (N-methyl/N-ethyl adjacent to an activating group) is 1. The van der Waals surface area contributed by atoms with Crippen molar-refractivity contribution in [3.63, 3.8) is 0 Å². The zero-order chi connectivity index (χ0) is 9.52. The van der Waals surface area contributed by atoms with Crippen LogP contribution < -0.4 is 5.32 Å². The lowest BCUT2D eigenvalue weighted by atomic mass is 10.3. The lowest BCUT2D eigenvalue weighted by molar-refractivity contribution is 0.263. The van der Waals surface area contributed by atoms with E-state index in [1.165, 1.54) is 12.8 Å². The molecule has 2 N–H and O–H groups in total. The van der Waals surface area contributed by atoms with Gasteiger partial charge in [0.15, 0.2) is 0 Å². The maximum Gasteiger partial charge on any atom is 0.0431 e. The number of nitrogens with one attached hydrogen (secondary N) is 1. The van der Waals surface area contributed by atoms with Crippen LogP contribution in [0.1, 0.15) is 25.7 Å². The molecular formula is C10H22N2O. The van der Waals surface area contributed by atoms with E-state index in [1.54, 1.807) is 0 Å². The minimum absolute atomic E-state index is 0.328. The normalized spacial score (nSPS) is 16.8. The summed E-state index contributed by atoms with van der Waals surface area (Å²) in [5.74, 6) is 0. The number of nitrogens with zero attached hydrogens (tertiary/aromatic N) is 1. The Kier molecular flexibility index (Phi) is 5.35. The van der Waals surface area contributed by atoms with Gasteiger partial charge in [-0.1, -0.05) is 0 Å². The standard InChI is InChI=1S/C10H22N2O/c1-12(7-2-3-9-13)8-6-11-10-4-5-10/h10-11,13H,2-9H2,1H3. The fraction of sp³-hybridized carbons (Fsp3) is 1.00. The maximum atomic E-state index is 8.61. The van der Waals surface area contributed by atoms with Crippen LogP contribution in [0.2, 0.25) is 0 Å². The largest absolute Gasteiger partial charge is 0.396 e. The van der Waals surface area contributed by atoms with Crippen LogP contribution in [-0.2, 0) is 0 Å². The Labute approximate surface area is 81.1 Å². The highest BCUT2D eigenvalue weighted by Gasteiger charge is 2.19. The van der Waals surface area contributed by atoms with Crippen LogP contribution in [0.4, 0.5) is 0 Å².